The third-order valence-electron chi connectivity index (χ3n) is 7.73. The minimum Gasteiger partial charge on any atom is -0.480 e. The molecule has 3 aliphatic rings. The summed E-state index contributed by atoms with van der Waals surface area (Å²) < 4.78 is 0. The summed E-state index contributed by atoms with van der Waals surface area (Å²) in [4.78, 5) is 30.4. The third kappa shape index (κ3) is 3.52. The molecule has 2 amide bonds. The Morgan fingerprint density at radius 1 is 1.14 bits per heavy atom. The van der Waals surface area contributed by atoms with E-state index in [0.29, 0.717) is 12.5 Å². The Bertz CT molecular complexity index is 752. The van der Waals surface area contributed by atoms with Gasteiger partial charge in [0.25, 0.3) is 0 Å². The first-order chi connectivity index (χ1) is 13.9. The molecule has 3 fully saturated rings. The second-order valence-corrected chi connectivity index (χ2v) is 9.46. The highest BCUT2D eigenvalue weighted by atomic mass is 16.4. The van der Waals surface area contributed by atoms with Gasteiger partial charge in [0.2, 0.25) is 0 Å². The molecule has 4 rings (SSSR count). The highest BCUT2D eigenvalue weighted by Gasteiger charge is 2.55. The molecule has 2 aliphatic carbocycles. The van der Waals surface area contributed by atoms with Crippen LogP contribution in [-0.4, -0.2) is 71.1 Å². The van der Waals surface area contributed by atoms with Gasteiger partial charge in [0.05, 0.1) is 5.54 Å². The number of urea groups is 1. The van der Waals surface area contributed by atoms with Gasteiger partial charge in [0.1, 0.15) is 6.54 Å². The zero-order valence-electron chi connectivity index (χ0n) is 17.6. The molecule has 1 N–H and O–H groups in total. The van der Waals surface area contributed by atoms with Crippen LogP contribution < -0.4 is 0 Å². The molecule has 0 aromatic heterocycles. The lowest BCUT2D eigenvalue weighted by atomic mass is 9.68. The van der Waals surface area contributed by atoms with Crippen LogP contribution in [0, 0.1) is 5.92 Å². The van der Waals surface area contributed by atoms with Gasteiger partial charge in [-0.3, -0.25) is 9.69 Å². The SMILES string of the molecule is CN(C)C1(c2ccccc2)CCC2(CC1)CN(CC(=O)O)C(=O)N2CC1CCC1. The number of rotatable bonds is 6. The summed E-state index contributed by atoms with van der Waals surface area (Å²) in [6.07, 6.45) is 7.38. The third-order valence-corrected chi connectivity index (χ3v) is 7.73. The van der Waals surface area contributed by atoms with E-state index in [4.69, 9.17) is 0 Å². The van der Waals surface area contributed by atoms with Crippen molar-refractivity contribution in [3.63, 3.8) is 0 Å². The van der Waals surface area contributed by atoms with Gasteiger partial charge in [-0.05, 0) is 64.1 Å². The molecule has 1 heterocycles. The molecule has 6 heteroatoms. The van der Waals surface area contributed by atoms with Crippen LogP contribution in [0.4, 0.5) is 4.79 Å². The fourth-order valence-electron chi connectivity index (χ4n) is 5.67. The first-order valence-electron chi connectivity index (χ1n) is 10.9. The van der Waals surface area contributed by atoms with Gasteiger partial charge in [0, 0.05) is 18.6 Å². The molecule has 29 heavy (non-hydrogen) atoms. The number of nitrogens with zero attached hydrogens (tertiary/aromatic N) is 3. The van der Waals surface area contributed by atoms with E-state index in [1.807, 2.05) is 0 Å². The highest BCUT2D eigenvalue weighted by Crippen LogP contribution is 2.49. The Morgan fingerprint density at radius 2 is 1.79 bits per heavy atom. The first kappa shape index (κ1) is 20.2. The van der Waals surface area contributed by atoms with Crippen molar-refractivity contribution in [2.45, 2.75) is 56.0 Å². The van der Waals surface area contributed by atoms with E-state index in [1.54, 1.807) is 4.90 Å². The number of hydrogen-bond acceptors (Lipinski definition) is 3. The highest BCUT2D eigenvalue weighted by molar-refractivity contribution is 5.83. The molecular formula is C23H33N3O3. The minimum atomic E-state index is -0.929. The van der Waals surface area contributed by atoms with Gasteiger partial charge in [0.15, 0.2) is 0 Å². The summed E-state index contributed by atoms with van der Waals surface area (Å²) in [5.41, 5.74) is 1.08. The molecule has 1 aliphatic heterocycles. The molecule has 158 valence electrons. The average Bonchev–Trinajstić information content (AvgIpc) is 2.90. The number of carboxylic acids is 1. The largest absolute Gasteiger partial charge is 0.480 e. The van der Waals surface area contributed by atoms with E-state index < -0.39 is 5.97 Å². The maximum absolute atomic E-state index is 13.1. The molecule has 1 spiro atoms. The Morgan fingerprint density at radius 3 is 2.31 bits per heavy atom. The van der Waals surface area contributed by atoms with Crippen molar-refractivity contribution >= 4 is 12.0 Å². The van der Waals surface area contributed by atoms with Crippen molar-refractivity contribution in [2.24, 2.45) is 5.92 Å². The fraction of sp³-hybridized carbons (Fsp3) is 0.652. The quantitative estimate of drug-likeness (QED) is 0.797. The van der Waals surface area contributed by atoms with Crippen molar-refractivity contribution in [1.82, 2.24) is 14.7 Å². The van der Waals surface area contributed by atoms with Gasteiger partial charge in [-0.1, -0.05) is 36.8 Å². The lowest BCUT2D eigenvalue weighted by molar-refractivity contribution is -0.137. The maximum Gasteiger partial charge on any atom is 0.323 e. The molecule has 0 atom stereocenters. The number of carboxylic acid groups (broad SMARTS) is 1. The normalized spacial score (nSPS) is 30.2. The number of hydrogen-bond donors (Lipinski definition) is 1. The van der Waals surface area contributed by atoms with E-state index >= 15 is 0 Å². The molecule has 2 saturated carbocycles. The number of benzene rings is 1. The number of carbonyl (C=O) groups is 2. The molecule has 1 aromatic carbocycles. The number of amides is 2. The number of carbonyl (C=O) groups excluding carboxylic acids is 1. The van der Waals surface area contributed by atoms with E-state index in [-0.39, 0.29) is 23.7 Å². The second kappa shape index (κ2) is 7.63. The minimum absolute atomic E-state index is 0.0298. The predicted molar refractivity (Wildman–Crippen MR) is 112 cm³/mol. The van der Waals surface area contributed by atoms with Gasteiger partial charge >= 0.3 is 12.0 Å². The smallest absolute Gasteiger partial charge is 0.323 e. The lowest BCUT2D eigenvalue weighted by Gasteiger charge is -2.51. The van der Waals surface area contributed by atoms with Crippen LogP contribution >= 0.6 is 0 Å². The van der Waals surface area contributed by atoms with E-state index in [1.165, 1.54) is 24.8 Å². The van der Waals surface area contributed by atoms with Crippen molar-refractivity contribution < 1.29 is 14.7 Å². The summed E-state index contributed by atoms with van der Waals surface area (Å²) in [6.45, 7) is 1.14. The van der Waals surface area contributed by atoms with Crippen molar-refractivity contribution in [2.75, 3.05) is 33.7 Å². The zero-order chi connectivity index (χ0) is 20.6. The monoisotopic (exact) mass is 399 g/mol. The zero-order valence-corrected chi connectivity index (χ0v) is 17.6. The fourth-order valence-corrected chi connectivity index (χ4v) is 5.67. The van der Waals surface area contributed by atoms with Crippen LogP contribution in [0.3, 0.4) is 0 Å². The summed E-state index contributed by atoms with van der Waals surface area (Å²) in [7, 11) is 4.29. The van der Waals surface area contributed by atoms with Crippen LogP contribution in [0.5, 0.6) is 0 Å². The summed E-state index contributed by atoms with van der Waals surface area (Å²) in [5.74, 6) is -0.350. The van der Waals surface area contributed by atoms with Crippen LogP contribution in [0.1, 0.15) is 50.5 Å². The van der Waals surface area contributed by atoms with Crippen molar-refractivity contribution in [3.05, 3.63) is 35.9 Å². The Hall–Kier alpha value is -2.08. The van der Waals surface area contributed by atoms with E-state index in [2.05, 4.69) is 54.2 Å². The van der Waals surface area contributed by atoms with E-state index in [0.717, 1.165) is 32.2 Å². The Balaban J connectivity index is 1.59. The molecule has 1 saturated heterocycles. The molecule has 0 unspecified atom stereocenters. The van der Waals surface area contributed by atoms with Gasteiger partial charge in [-0.2, -0.15) is 0 Å². The molecule has 1 aromatic rings. The van der Waals surface area contributed by atoms with Gasteiger partial charge in [-0.15, -0.1) is 0 Å². The second-order valence-electron chi connectivity index (χ2n) is 9.46. The van der Waals surface area contributed by atoms with Crippen LogP contribution in [0.15, 0.2) is 30.3 Å². The topological polar surface area (TPSA) is 64.1 Å². The summed E-state index contributed by atoms with van der Waals surface area (Å²) in [6, 6.07) is 10.6. The molecule has 0 bridgehead atoms. The Labute approximate surface area is 173 Å². The van der Waals surface area contributed by atoms with Gasteiger partial charge in [-0.25, -0.2) is 4.79 Å². The van der Waals surface area contributed by atoms with E-state index in [9.17, 15) is 14.7 Å². The van der Waals surface area contributed by atoms with Crippen molar-refractivity contribution in [1.29, 1.82) is 0 Å². The summed E-state index contributed by atoms with van der Waals surface area (Å²) >= 11 is 0. The molecular weight excluding hydrogens is 366 g/mol. The average molecular weight is 400 g/mol. The summed E-state index contributed by atoms with van der Waals surface area (Å²) in [5, 5.41) is 9.29. The molecule has 0 radical (unpaired) electrons. The number of aliphatic carboxylic acids is 1. The van der Waals surface area contributed by atoms with Crippen molar-refractivity contribution in [3.8, 4) is 0 Å². The van der Waals surface area contributed by atoms with Crippen LogP contribution in [0.25, 0.3) is 0 Å². The first-order valence-corrected chi connectivity index (χ1v) is 10.9. The predicted octanol–water partition coefficient (Wildman–Crippen LogP) is 3.38. The maximum atomic E-state index is 13.1. The standard InChI is InChI=1S/C23H33N3O3/c1-24(2)23(19-9-4-3-5-10-19)13-11-22(12-14-23)17-25(16-20(27)28)21(29)26(22)15-18-7-6-8-18/h3-5,9-10,18H,6-8,11-17H2,1-2H3,(H,27,28). The Kier molecular flexibility index (Phi) is 5.32. The lowest BCUT2D eigenvalue weighted by Crippen LogP contribution is -2.56. The van der Waals surface area contributed by atoms with Crippen LogP contribution in [-0.2, 0) is 10.3 Å². The van der Waals surface area contributed by atoms with Gasteiger partial charge < -0.3 is 14.9 Å². The molecule has 6 nitrogen and oxygen atoms in total. The van der Waals surface area contributed by atoms with Crippen LogP contribution in [0.2, 0.25) is 0 Å².